The largest absolute Gasteiger partial charge is 0.491 e. The zero-order valence-corrected chi connectivity index (χ0v) is 9.24. The molecular weight excluding hydrogens is 194 g/mol. The highest BCUT2D eigenvalue weighted by Gasteiger charge is 2.19. The Kier molecular flexibility index (Phi) is 2.22. The Bertz CT molecular complexity index is 505. The van der Waals surface area contributed by atoms with Gasteiger partial charge in [0.1, 0.15) is 6.33 Å². The normalized spacial score (nSPS) is 10.7. The molecule has 0 saturated heterocycles. The lowest BCUT2D eigenvalue weighted by Crippen LogP contribution is -1.98. The molecule has 0 atom stereocenters. The van der Waals surface area contributed by atoms with Crippen LogP contribution in [-0.2, 0) is 0 Å². The van der Waals surface area contributed by atoms with Gasteiger partial charge in [-0.25, -0.2) is 4.98 Å². The van der Waals surface area contributed by atoms with Gasteiger partial charge in [0, 0.05) is 5.56 Å². The summed E-state index contributed by atoms with van der Waals surface area (Å²) in [5, 5.41) is 4.14. The van der Waals surface area contributed by atoms with E-state index in [9.17, 15) is 0 Å². The number of aryl methyl sites for hydroxylation is 2. The van der Waals surface area contributed by atoms with E-state index >= 15 is 0 Å². The first-order valence-corrected chi connectivity index (χ1v) is 4.61. The molecule has 0 saturated carbocycles. The number of rotatable bonds is 2. The highest BCUT2D eigenvalue weighted by molar-refractivity contribution is 5.68. The zero-order chi connectivity index (χ0) is 11.0. The molecule has 0 unspecified atom stereocenters. The molecule has 0 aliphatic carbocycles. The molecule has 80 valence electrons. The second-order valence-corrected chi connectivity index (χ2v) is 3.27. The third-order valence-corrected chi connectivity index (χ3v) is 2.45. The first-order chi connectivity index (χ1) is 7.20. The van der Waals surface area contributed by atoms with Crippen LogP contribution in [0.2, 0.25) is 0 Å². The number of hydrogen-bond donors (Lipinski definition) is 0. The third kappa shape index (κ3) is 1.23. The lowest BCUT2D eigenvalue weighted by atomic mass is 10.2. The average Bonchev–Trinajstić information content (AvgIpc) is 2.52. The highest BCUT2D eigenvalue weighted by atomic mass is 16.5. The van der Waals surface area contributed by atoms with E-state index in [0.717, 1.165) is 16.8 Å². The van der Waals surface area contributed by atoms with E-state index in [1.807, 2.05) is 13.8 Å². The van der Waals surface area contributed by atoms with Crippen molar-refractivity contribution in [1.82, 2.24) is 14.6 Å². The van der Waals surface area contributed by atoms with Crippen molar-refractivity contribution in [2.45, 2.75) is 13.8 Å². The van der Waals surface area contributed by atoms with Gasteiger partial charge in [0.05, 0.1) is 25.4 Å². The SMILES string of the molecule is COc1c(C)c2c(C)ncnn2c1OC. The second kappa shape index (κ2) is 3.42. The van der Waals surface area contributed by atoms with Crippen molar-refractivity contribution in [2.24, 2.45) is 0 Å². The fourth-order valence-electron chi connectivity index (χ4n) is 1.80. The Hall–Kier alpha value is -1.78. The van der Waals surface area contributed by atoms with Gasteiger partial charge in [0.25, 0.3) is 5.88 Å². The molecule has 0 fully saturated rings. The monoisotopic (exact) mass is 207 g/mol. The van der Waals surface area contributed by atoms with Crippen molar-refractivity contribution < 1.29 is 9.47 Å². The number of ether oxygens (including phenoxy) is 2. The Morgan fingerprint density at radius 1 is 1.20 bits per heavy atom. The summed E-state index contributed by atoms with van der Waals surface area (Å²) in [6, 6.07) is 0. The molecule has 0 radical (unpaired) electrons. The van der Waals surface area contributed by atoms with Gasteiger partial charge in [-0.1, -0.05) is 0 Å². The van der Waals surface area contributed by atoms with E-state index in [2.05, 4.69) is 10.1 Å². The maximum atomic E-state index is 5.29. The molecule has 0 aliphatic rings. The fourth-order valence-corrected chi connectivity index (χ4v) is 1.80. The molecule has 0 amide bonds. The van der Waals surface area contributed by atoms with Gasteiger partial charge < -0.3 is 9.47 Å². The molecule has 0 aromatic carbocycles. The van der Waals surface area contributed by atoms with Crippen LogP contribution in [0.4, 0.5) is 0 Å². The van der Waals surface area contributed by atoms with Gasteiger partial charge in [0.15, 0.2) is 5.75 Å². The van der Waals surface area contributed by atoms with Gasteiger partial charge in [-0.3, -0.25) is 0 Å². The number of fused-ring (bicyclic) bond motifs is 1. The quantitative estimate of drug-likeness (QED) is 0.746. The molecule has 5 nitrogen and oxygen atoms in total. The molecule has 15 heavy (non-hydrogen) atoms. The lowest BCUT2D eigenvalue weighted by molar-refractivity contribution is 0.338. The van der Waals surface area contributed by atoms with E-state index < -0.39 is 0 Å². The minimum Gasteiger partial charge on any atom is -0.491 e. The first kappa shape index (κ1) is 9.76. The summed E-state index contributed by atoms with van der Waals surface area (Å²) in [5.74, 6) is 1.32. The third-order valence-electron chi connectivity index (χ3n) is 2.45. The molecule has 2 heterocycles. The summed E-state index contributed by atoms with van der Waals surface area (Å²) in [4.78, 5) is 4.15. The molecule has 2 rings (SSSR count). The maximum absolute atomic E-state index is 5.29. The van der Waals surface area contributed by atoms with E-state index in [1.54, 1.807) is 18.7 Å². The number of aromatic nitrogens is 3. The van der Waals surface area contributed by atoms with E-state index in [4.69, 9.17) is 9.47 Å². The molecule has 0 aliphatic heterocycles. The van der Waals surface area contributed by atoms with Crippen LogP contribution in [0.15, 0.2) is 6.33 Å². The van der Waals surface area contributed by atoms with Crippen LogP contribution in [0.3, 0.4) is 0 Å². The lowest BCUT2D eigenvalue weighted by Gasteiger charge is -2.02. The topological polar surface area (TPSA) is 48.7 Å². The van der Waals surface area contributed by atoms with Crippen molar-refractivity contribution in [1.29, 1.82) is 0 Å². The first-order valence-electron chi connectivity index (χ1n) is 4.61. The van der Waals surface area contributed by atoms with Crippen LogP contribution in [0, 0.1) is 13.8 Å². The molecule has 0 spiro atoms. The number of methoxy groups -OCH3 is 2. The Labute approximate surface area is 87.6 Å². The van der Waals surface area contributed by atoms with Crippen LogP contribution in [0.1, 0.15) is 11.3 Å². The van der Waals surface area contributed by atoms with E-state index in [-0.39, 0.29) is 0 Å². The number of hydrogen-bond acceptors (Lipinski definition) is 4. The zero-order valence-electron chi connectivity index (χ0n) is 9.24. The van der Waals surface area contributed by atoms with Gasteiger partial charge >= 0.3 is 0 Å². The molecule has 2 aromatic heterocycles. The highest BCUT2D eigenvalue weighted by Crippen LogP contribution is 2.36. The van der Waals surface area contributed by atoms with Gasteiger partial charge in [-0.05, 0) is 13.8 Å². The average molecular weight is 207 g/mol. The van der Waals surface area contributed by atoms with Crippen LogP contribution in [0.5, 0.6) is 11.6 Å². The Balaban J connectivity index is 2.91. The van der Waals surface area contributed by atoms with Crippen molar-refractivity contribution in [3.63, 3.8) is 0 Å². The standard InChI is InChI=1S/C10H13N3O2/c1-6-8-7(2)11-5-12-13(8)10(15-4)9(6)14-3/h5H,1-4H3. The molecule has 0 bridgehead atoms. The maximum Gasteiger partial charge on any atom is 0.258 e. The molecule has 0 N–H and O–H groups in total. The van der Waals surface area contributed by atoms with Crippen molar-refractivity contribution in [2.75, 3.05) is 14.2 Å². The van der Waals surface area contributed by atoms with Gasteiger partial charge in [-0.2, -0.15) is 9.61 Å². The summed E-state index contributed by atoms with van der Waals surface area (Å²) in [5.41, 5.74) is 2.84. The summed E-state index contributed by atoms with van der Waals surface area (Å²) in [7, 11) is 3.22. The van der Waals surface area contributed by atoms with E-state index in [1.165, 1.54) is 6.33 Å². The van der Waals surface area contributed by atoms with Crippen LogP contribution < -0.4 is 9.47 Å². The van der Waals surface area contributed by atoms with E-state index in [0.29, 0.717) is 11.6 Å². The van der Waals surface area contributed by atoms with Crippen LogP contribution in [-0.4, -0.2) is 28.8 Å². The molecule has 5 heteroatoms. The van der Waals surface area contributed by atoms with Crippen molar-refractivity contribution >= 4 is 5.52 Å². The van der Waals surface area contributed by atoms with Crippen LogP contribution >= 0.6 is 0 Å². The molecule has 2 aromatic rings. The van der Waals surface area contributed by atoms with Gasteiger partial charge in [-0.15, -0.1) is 0 Å². The second-order valence-electron chi connectivity index (χ2n) is 3.27. The van der Waals surface area contributed by atoms with Crippen molar-refractivity contribution in [3.05, 3.63) is 17.6 Å². The number of nitrogens with zero attached hydrogens (tertiary/aromatic N) is 3. The summed E-state index contributed by atoms with van der Waals surface area (Å²) in [6.07, 6.45) is 1.50. The minimum atomic E-state index is 0.607. The minimum absolute atomic E-state index is 0.607. The summed E-state index contributed by atoms with van der Waals surface area (Å²) in [6.45, 7) is 3.90. The predicted octanol–water partition coefficient (Wildman–Crippen LogP) is 1.36. The van der Waals surface area contributed by atoms with Crippen LogP contribution in [0.25, 0.3) is 5.52 Å². The molecular formula is C10H13N3O2. The van der Waals surface area contributed by atoms with Crippen molar-refractivity contribution in [3.8, 4) is 11.6 Å². The fraction of sp³-hybridized carbons (Fsp3) is 0.400. The smallest absolute Gasteiger partial charge is 0.258 e. The predicted molar refractivity (Wildman–Crippen MR) is 55.6 cm³/mol. The summed E-state index contributed by atoms with van der Waals surface area (Å²) >= 11 is 0. The summed E-state index contributed by atoms with van der Waals surface area (Å²) < 4.78 is 12.3. The Morgan fingerprint density at radius 3 is 2.53 bits per heavy atom. The van der Waals surface area contributed by atoms with Gasteiger partial charge in [0.2, 0.25) is 0 Å². The Morgan fingerprint density at radius 2 is 1.93 bits per heavy atom.